The molecule has 1 heterocycles. The van der Waals surface area contributed by atoms with Crippen molar-refractivity contribution in [2.24, 2.45) is 0 Å². The van der Waals surface area contributed by atoms with Crippen LogP contribution in [-0.2, 0) is 4.79 Å². The second-order valence-corrected chi connectivity index (χ2v) is 5.66. The van der Waals surface area contributed by atoms with Crippen LogP contribution in [0.1, 0.15) is 34.6 Å². The van der Waals surface area contributed by atoms with E-state index < -0.39 is 5.97 Å². The summed E-state index contributed by atoms with van der Waals surface area (Å²) in [5, 5.41) is 8.72. The highest BCUT2D eigenvalue weighted by Gasteiger charge is 2.18. The van der Waals surface area contributed by atoms with E-state index in [-0.39, 0.29) is 12.3 Å². The van der Waals surface area contributed by atoms with Crippen LogP contribution in [0.3, 0.4) is 0 Å². The molecule has 0 aromatic carbocycles. The lowest BCUT2D eigenvalue weighted by molar-refractivity contribution is -0.137. The minimum atomic E-state index is -0.743. The predicted molar refractivity (Wildman–Crippen MR) is 62.2 cm³/mol. The highest BCUT2D eigenvalue weighted by Crippen LogP contribution is 2.38. The smallest absolute Gasteiger partial charge is 0.303 e. The van der Waals surface area contributed by atoms with Crippen LogP contribution in [-0.4, -0.2) is 11.1 Å². The van der Waals surface area contributed by atoms with Gasteiger partial charge < -0.3 is 5.11 Å². The van der Waals surface area contributed by atoms with Gasteiger partial charge in [0.05, 0.1) is 6.42 Å². The molecule has 1 rings (SSSR count). The van der Waals surface area contributed by atoms with Gasteiger partial charge in [-0.2, -0.15) is 0 Å². The molecule has 0 radical (unpaired) electrons. The number of rotatable bonds is 3. The molecule has 0 saturated heterocycles. The molecule has 0 aliphatic carbocycles. The van der Waals surface area contributed by atoms with Crippen molar-refractivity contribution in [2.75, 3.05) is 0 Å². The third kappa shape index (κ3) is 2.36. The Morgan fingerprint density at radius 3 is 2.43 bits per heavy atom. The molecule has 0 amide bonds. The van der Waals surface area contributed by atoms with E-state index in [9.17, 15) is 4.79 Å². The molecule has 1 aromatic heterocycles. The number of hydrogen-bond acceptors (Lipinski definition) is 2. The Kier molecular flexibility index (Phi) is 3.72. The maximum Gasteiger partial charge on any atom is 0.303 e. The van der Waals surface area contributed by atoms with Gasteiger partial charge in [0, 0.05) is 14.2 Å². The fourth-order valence-corrected chi connectivity index (χ4v) is 3.74. The van der Waals surface area contributed by atoms with E-state index in [1.807, 2.05) is 20.8 Å². The summed E-state index contributed by atoms with van der Waals surface area (Å²) < 4.78 is 1.08. The lowest BCUT2D eigenvalue weighted by Crippen LogP contribution is -2.03. The Labute approximate surface area is 96.1 Å². The van der Waals surface area contributed by atoms with E-state index >= 15 is 0 Å². The zero-order chi connectivity index (χ0) is 10.9. The Morgan fingerprint density at radius 1 is 1.50 bits per heavy atom. The zero-order valence-corrected chi connectivity index (χ0v) is 10.8. The first-order chi connectivity index (χ1) is 6.43. The topological polar surface area (TPSA) is 37.3 Å². The molecule has 1 N–H and O–H groups in total. The predicted octanol–water partition coefficient (Wildman–Crippen LogP) is 3.71. The van der Waals surface area contributed by atoms with Crippen molar-refractivity contribution in [3.05, 3.63) is 19.8 Å². The Morgan fingerprint density at radius 2 is 2.07 bits per heavy atom. The van der Waals surface area contributed by atoms with E-state index in [1.165, 1.54) is 9.75 Å². The van der Waals surface area contributed by atoms with Crippen molar-refractivity contribution in [1.29, 1.82) is 0 Å². The van der Waals surface area contributed by atoms with Gasteiger partial charge in [-0.3, -0.25) is 4.79 Å². The largest absolute Gasteiger partial charge is 0.481 e. The molecule has 14 heavy (non-hydrogen) atoms. The fourth-order valence-electron chi connectivity index (χ4n) is 1.60. The quantitative estimate of drug-likeness (QED) is 0.914. The van der Waals surface area contributed by atoms with Crippen molar-refractivity contribution in [3.63, 3.8) is 0 Å². The van der Waals surface area contributed by atoms with Gasteiger partial charge in [0.15, 0.2) is 0 Å². The average Bonchev–Trinajstić information content (AvgIpc) is 2.25. The third-order valence-corrected chi connectivity index (χ3v) is 4.53. The van der Waals surface area contributed by atoms with Crippen LogP contribution in [0.25, 0.3) is 0 Å². The molecule has 0 bridgehead atoms. The maximum atomic E-state index is 10.6. The summed E-state index contributed by atoms with van der Waals surface area (Å²) in [6, 6.07) is 0. The van der Waals surface area contributed by atoms with Gasteiger partial charge in [0.1, 0.15) is 0 Å². The van der Waals surface area contributed by atoms with Gasteiger partial charge in [-0.05, 0) is 41.3 Å². The highest BCUT2D eigenvalue weighted by molar-refractivity contribution is 9.10. The molecular formula is C10H13BrO2S. The molecule has 0 aliphatic heterocycles. The summed E-state index contributed by atoms with van der Waals surface area (Å²) >= 11 is 5.22. The summed E-state index contributed by atoms with van der Waals surface area (Å²) in [6.07, 6.45) is 0.190. The molecule has 1 atom stereocenters. The van der Waals surface area contributed by atoms with E-state index in [1.54, 1.807) is 11.3 Å². The number of aryl methyl sites for hydroxylation is 2. The number of halogens is 1. The number of hydrogen-bond donors (Lipinski definition) is 1. The number of carboxylic acids is 1. The van der Waals surface area contributed by atoms with Crippen LogP contribution in [0.5, 0.6) is 0 Å². The molecule has 0 saturated carbocycles. The van der Waals surface area contributed by atoms with Gasteiger partial charge in [-0.15, -0.1) is 11.3 Å². The van der Waals surface area contributed by atoms with Crippen LogP contribution in [0, 0.1) is 13.8 Å². The Hall–Kier alpha value is -0.350. The average molecular weight is 277 g/mol. The van der Waals surface area contributed by atoms with Crippen LogP contribution in [0.15, 0.2) is 4.47 Å². The minimum absolute atomic E-state index is 0.0758. The van der Waals surface area contributed by atoms with Crippen molar-refractivity contribution in [1.82, 2.24) is 0 Å². The van der Waals surface area contributed by atoms with Crippen LogP contribution in [0.4, 0.5) is 0 Å². The second-order valence-electron chi connectivity index (χ2n) is 3.44. The van der Waals surface area contributed by atoms with Crippen LogP contribution in [0.2, 0.25) is 0 Å². The SMILES string of the molecule is Cc1sc(C)c(C(C)CC(=O)O)c1Br. The van der Waals surface area contributed by atoms with E-state index in [0.717, 1.165) is 10.0 Å². The van der Waals surface area contributed by atoms with Gasteiger partial charge in [-0.1, -0.05) is 6.92 Å². The van der Waals surface area contributed by atoms with E-state index in [0.29, 0.717) is 0 Å². The molecule has 0 spiro atoms. The van der Waals surface area contributed by atoms with Crippen LogP contribution < -0.4 is 0 Å². The molecule has 0 fully saturated rings. The van der Waals surface area contributed by atoms with E-state index in [2.05, 4.69) is 15.9 Å². The highest BCUT2D eigenvalue weighted by atomic mass is 79.9. The monoisotopic (exact) mass is 276 g/mol. The molecule has 78 valence electrons. The summed E-state index contributed by atoms with van der Waals surface area (Å²) in [7, 11) is 0. The first-order valence-corrected chi connectivity index (χ1v) is 6.01. The number of aliphatic carboxylic acids is 1. The van der Waals surface area contributed by atoms with Crippen molar-refractivity contribution in [2.45, 2.75) is 33.1 Å². The Bertz CT molecular complexity index is 357. The maximum absolute atomic E-state index is 10.6. The molecule has 1 unspecified atom stereocenters. The molecule has 1 aromatic rings. The molecular weight excluding hydrogens is 264 g/mol. The van der Waals surface area contributed by atoms with Crippen molar-refractivity contribution >= 4 is 33.2 Å². The summed E-state index contributed by atoms with van der Waals surface area (Å²) in [6.45, 7) is 6.03. The lowest BCUT2D eigenvalue weighted by atomic mass is 9.98. The lowest BCUT2D eigenvalue weighted by Gasteiger charge is -2.09. The Balaban J connectivity index is 2.99. The first kappa shape index (κ1) is 11.7. The minimum Gasteiger partial charge on any atom is -0.481 e. The number of carbonyl (C=O) groups is 1. The summed E-state index contributed by atoms with van der Waals surface area (Å²) in [4.78, 5) is 13.0. The zero-order valence-electron chi connectivity index (χ0n) is 8.43. The molecule has 4 heteroatoms. The van der Waals surface area contributed by atoms with Crippen molar-refractivity contribution < 1.29 is 9.90 Å². The normalized spacial score (nSPS) is 12.9. The first-order valence-electron chi connectivity index (χ1n) is 4.40. The van der Waals surface area contributed by atoms with Gasteiger partial charge in [0.25, 0.3) is 0 Å². The third-order valence-electron chi connectivity index (χ3n) is 2.20. The number of carboxylic acid groups (broad SMARTS) is 1. The number of thiophene rings is 1. The fraction of sp³-hybridized carbons (Fsp3) is 0.500. The van der Waals surface area contributed by atoms with Crippen molar-refractivity contribution in [3.8, 4) is 0 Å². The summed E-state index contributed by atoms with van der Waals surface area (Å²) in [5.41, 5.74) is 1.15. The van der Waals surface area contributed by atoms with Gasteiger partial charge in [0.2, 0.25) is 0 Å². The standard InChI is InChI=1S/C10H13BrO2S/c1-5(4-8(12)13)9-6(2)14-7(3)10(9)11/h5H,4H2,1-3H3,(H,12,13). The van der Waals surface area contributed by atoms with Gasteiger partial charge >= 0.3 is 5.97 Å². The molecule has 0 aliphatic rings. The molecule has 2 nitrogen and oxygen atoms in total. The van der Waals surface area contributed by atoms with E-state index in [4.69, 9.17) is 5.11 Å². The summed E-state index contributed by atoms with van der Waals surface area (Å²) in [5.74, 6) is -0.667. The van der Waals surface area contributed by atoms with Gasteiger partial charge in [-0.25, -0.2) is 0 Å². The second kappa shape index (κ2) is 4.45. The van der Waals surface area contributed by atoms with Crippen LogP contribution >= 0.6 is 27.3 Å².